The molecular weight excluding hydrogens is 265 g/mol. The molecule has 77 valence electrons. The molecule has 2 amide bonds. The Morgan fingerprint density at radius 2 is 1.85 bits per heavy atom. The van der Waals surface area contributed by atoms with Crippen molar-refractivity contribution in [2.45, 2.75) is 26.4 Å². The van der Waals surface area contributed by atoms with Gasteiger partial charge in [0.05, 0.1) is 0 Å². The maximum Gasteiger partial charge on any atom is 1.00 e. The van der Waals surface area contributed by atoms with Gasteiger partial charge in [-0.05, 0) is 20.8 Å². The molecule has 0 aromatic rings. The minimum Gasteiger partial charge on any atom is -0.526 e. The molecule has 0 aromatic heterocycles. The predicted octanol–water partition coefficient (Wildman–Crippen LogP) is 1.48. The van der Waals surface area contributed by atoms with Gasteiger partial charge in [0.1, 0.15) is 5.60 Å². The van der Waals surface area contributed by atoms with Gasteiger partial charge in [-0.2, -0.15) is 0 Å². The molecular formula is C6H11N2O4Ru. The molecule has 0 aliphatic heterocycles. The normalized spacial score (nSPS) is 9.46. The molecule has 0 rings (SSSR count). The Morgan fingerprint density at radius 3 is 2.15 bits per heavy atom. The number of hydrogen-bond donors (Lipinski definition) is 2. The van der Waals surface area contributed by atoms with Crippen LogP contribution in [0.2, 0.25) is 0 Å². The maximum atomic E-state index is 10.7. The average Bonchev–Trinajstić information content (AvgIpc) is 1.79. The van der Waals surface area contributed by atoms with Crippen LogP contribution in [0.3, 0.4) is 0 Å². The Balaban J connectivity index is 0. The van der Waals surface area contributed by atoms with E-state index >= 15 is 0 Å². The van der Waals surface area contributed by atoms with E-state index in [1.807, 2.05) is 0 Å². The Hall–Kier alpha value is -0.837. The minimum atomic E-state index is -1.47. The molecule has 0 unspecified atom stereocenters. The van der Waals surface area contributed by atoms with Crippen LogP contribution in [0.5, 0.6) is 0 Å². The third-order valence-corrected chi connectivity index (χ3v) is 0.642. The van der Waals surface area contributed by atoms with Crippen LogP contribution in [-0.4, -0.2) is 22.9 Å². The number of rotatable bonds is 0. The number of carbonyl (C=O) groups is 2. The van der Waals surface area contributed by atoms with Crippen LogP contribution in [0.1, 0.15) is 20.8 Å². The summed E-state index contributed by atoms with van der Waals surface area (Å²) in [5.41, 5.74) is 3.75. The Kier molecular flexibility index (Phi) is 6.49. The molecule has 1 radical (unpaired) electrons. The molecule has 0 aliphatic rings. The second kappa shape index (κ2) is 5.75. The van der Waals surface area contributed by atoms with E-state index in [2.05, 4.69) is 10.2 Å². The SMILES string of the molecule is CC(C)(C)OC(=O)N[N-]C(=O)O.[Ru+]. The maximum absolute atomic E-state index is 10.7. The molecule has 0 aliphatic carbocycles. The molecule has 0 saturated carbocycles. The van der Waals surface area contributed by atoms with E-state index < -0.39 is 17.8 Å². The molecule has 13 heavy (non-hydrogen) atoms. The standard InChI is InChI=1S/C6H11N2O4.Ru/c1-6(2,3)12-5(11)8-7-4(9)10;/h1-3H3,(H,8,11)(H,9,10);/q-1;+1. The first kappa shape index (κ1) is 14.7. The zero-order valence-electron chi connectivity index (χ0n) is 7.47. The van der Waals surface area contributed by atoms with Gasteiger partial charge in [-0.25, -0.2) is 4.79 Å². The number of nitrogens with zero attached hydrogens (tertiary/aromatic N) is 1. The van der Waals surface area contributed by atoms with Gasteiger partial charge in [-0.1, -0.05) is 0 Å². The number of carbonyl (C=O) groups excluding carboxylic acids is 1. The van der Waals surface area contributed by atoms with Crippen LogP contribution in [0, 0.1) is 0 Å². The smallest absolute Gasteiger partial charge is 0.526 e. The van der Waals surface area contributed by atoms with E-state index in [0.29, 0.717) is 0 Å². The van der Waals surface area contributed by atoms with Crippen LogP contribution in [0.4, 0.5) is 9.59 Å². The van der Waals surface area contributed by atoms with Crippen molar-refractivity contribution < 1.29 is 38.9 Å². The molecule has 0 aromatic carbocycles. The second-order valence-electron chi connectivity index (χ2n) is 3.01. The predicted molar refractivity (Wildman–Crippen MR) is 40.8 cm³/mol. The van der Waals surface area contributed by atoms with Gasteiger partial charge in [0.25, 0.3) is 0 Å². The van der Waals surface area contributed by atoms with Gasteiger partial charge in [0.15, 0.2) is 0 Å². The van der Waals surface area contributed by atoms with Crippen molar-refractivity contribution in [1.82, 2.24) is 5.43 Å². The fraction of sp³-hybridized carbons (Fsp3) is 0.667. The molecule has 2 N–H and O–H groups in total. The summed E-state index contributed by atoms with van der Waals surface area (Å²) in [4.78, 5) is 20.5. The second-order valence-corrected chi connectivity index (χ2v) is 3.01. The summed E-state index contributed by atoms with van der Waals surface area (Å²) in [6, 6.07) is 0. The van der Waals surface area contributed by atoms with Gasteiger partial charge < -0.3 is 20.7 Å². The summed E-state index contributed by atoms with van der Waals surface area (Å²) < 4.78 is 4.68. The number of hydrogen-bond acceptors (Lipinski definition) is 3. The molecule has 7 heteroatoms. The number of amides is 2. The van der Waals surface area contributed by atoms with Crippen LogP contribution in [0.15, 0.2) is 0 Å². The number of carboxylic acid groups (broad SMARTS) is 1. The van der Waals surface area contributed by atoms with E-state index in [1.165, 1.54) is 0 Å². The molecule has 0 spiro atoms. The van der Waals surface area contributed by atoms with Gasteiger partial charge in [0, 0.05) is 0 Å². The quantitative estimate of drug-likeness (QED) is 0.518. The summed E-state index contributed by atoms with van der Waals surface area (Å²) >= 11 is 0. The monoisotopic (exact) mass is 277 g/mol. The molecule has 0 bridgehead atoms. The zero-order valence-corrected chi connectivity index (χ0v) is 9.21. The summed E-state index contributed by atoms with van der Waals surface area (Å²) in [5, 5.41) is 8.02. The summed E-state index contributed by atoms with van der Waals surface area (Å²) in [6.07, 6.45) is -2.36. The summed E-state index contributed by atoms with van der Waals surface area (Å²) in [7, 11) is 0. The van der Waals surface area contributed by atoms with Crippen molar-refractivity contribution >= 4 is 12.2 Å². The number of ether oxygens (including phenoxy) is 1. The fourth-order valence-electron chi connectivity index (χ4n) is 0.394. The summed E-state index contributed by atoms with van der Waals surface area (Å²) in [5.74, 6) is 0. The topological polar surface area (TPSA) is 89.7 Å². The van der Waals surface area contributed by atoms with E-state index in [4.69, 9.17) is 5.11 Å². The van der Waals surface area contributed by atoms with Gasteiger partial charge in [-0.15, -0.1) is 0 Å². The van der Waals surface area contributed by atoms with E-state index in [-0.39, 0.29) is 19.5 Å². The molecule has 0 atom stereocenters. The number of nitrogens with one attached hydrogen (secondary N) is 1. The van der Waals surface area contributed by atoms with E-state index in [0.717, 1.165) is 0 Å². The zero-order chi connectivity index (χ0) is 9.78. The first-order valence-electron chi connectivity index (χ1n) is 3.24. The van der Waals surface area contributed by atoms with E-state index in [1.54, 1.807) is 26.2 Å². The van der Waals surface area contributed by atoms with Crippen molar-refractivity contribution in [3.05, 3.63) is 5.43 Å². The Morgan fingerprint density at radius 1 is 1.38 bits per heavy atom. The first-order valence-corrected chi connectivity index (χ1v) is 3.24. The molecule has 0 saturated heterocycles. The van der Waals surface area contributed by atoms with Gasteiger partial charge in [-0.3, -0.25) is 4.79 Å². The van der Waals surface area contributed by atoms with Crippen molar-refractivity contribution in [3.8, 4) is 0 Å². The van der Waals surface area contributed by atoms with Crippen LogP contribution in [0.25, 0.3) is 5.43 Å². The van der Waals surface area contributed by atoms with Crippen LogP contribution in [-0.2, 0) is 24.2 Å². The largest absolute Gasteiger partial charge is 1.00 e. The van der Waals surface area contributed by atoms with Gasteiger partial charge >= 0.3 is 25.6 Å². The van der Waals surface area contributed by atoms with Crippen LogP contribution < -0.4 is 5.43 Å². The Labute approximate surface area is 88.7 Å². The van der Waals surface area contributed by atoms with E-state index in [9.17, 15) is 9.59 Å². The van der Waals surface area contributed by atoms with Crippen molar-refractivity contribution in [3.63, 3.8) is 0 Å². The van der Waals surface area contributed by atoms with Crippen LogP contribution >= 0.6 is 0 Å². The average molecular weight is 276 g/mol. The molecule has 6 nitrogen and oxygen atoms in total. The molecule has 0 fully saturated rings. The molecule has 0 heterocycles. The van der Waals surface area contributed by atoms with Gasteiger partial charge in [0.2, 0.25) is 6.09 Å². The van der Waals surface area contributed by atoms with Crippen molar-refractivity contribution in [1.29, 1.82) is 0 Å². The van der Waals surface area contributed by atoms with Crippen molar-refractivity contribution in [2.24, 2.45) is 0 Å². The Bertz CT molecular complexity index is 190. The minimum absolute atomic E-state index is 0. The third kappa shape index (κ3) is 11.2. The fourth-order valence-corrected chi connectivity index (χ4v) is 0.394. The first-order chi connectivity index (χ1) is 5.31. The third-order valence-electron chi connectivity index (χ3n) is 0.642. The van der Waals surface area contributed by atoms with Crippen molar-refractivity contribution in [2.75, 3.05) is 0 Å². The summed E-state index contributed by atoms with van der Waals surface area (Å²) in [6.45, 7) is 4.98.